The number of esters is 4. The van der Waals surface area contributed by atoms with Crippen molar-refractivity contribution in [2.75, 3.05) is 6.61 Å². The van der Waals surface area contributed by atoms with Crippen molar-refractivity contribution in [1.82, 2.24) is 5.32 Å². The van der Waals surface area contributed by atoms with Crippen LogP contribution in [-0.2, 0) is 51.7 Å². The summed E-state index contributed by atoms with van der Waals surface area (Å²) in [7, 11) is -5.42. The predicted molar refractivity (Wildman–Crippen MR) is 298 cm³/mol. The van der Waals surface area contributed by atoms with E-state index in [1.165, 1.54) is 13.8 Å². The number of benzene rings is 3. The molecule has 11 atom stereocenters. The van der Waals surface area contributed by atoms with Crippen molar-refractivity contribution in [3.8, 4) is 0 Å². The average Bonchev–Trinajstić information content (AvgIpc) is 3.60. The normalized spacial score (nSPS) is 28.5. The van der Waals surface area contributed by atoms with E-state index in [4.69, 9.17) is 32.5 Å². The van der Waals surface area contributed by atoms with Gasteiger partial charge in [-0.2, -0.15) is 0 Å². The molecular formula is C59H78BrNO14Si2. The summed E-state index contributed by atoms with van der Waals surface area (Å²) in [5.74, 6) is -5.76. The molecule has 0 aromatic heterocycles. The molecule has 418 valence electrons. The van der Waals surface area contributed by atoms with Crippen molar-refractivity contribution in [3.63, 3.8) is 0 Å². The third kappa shape index (κ3) is 11.0. The fourth-order valence-electron chi connectivity index (χ4n) is 13.0. The molecule has 0 radical (unpaired) electrons. The molecule has 4 aliphatic rings. The fourth-order valence-corrected chi connectivity index (χ4v) is 19.2. The number of ketones is 1. The van der Waals surface area contributed by atoms with E-state index in [9.17, 15) is 19.5 Å². The van der Waals surface area contributed by atoms with Gasteiger partial charge in [-0.1, -0.05) is 126 Å². The zero-order valence-electron chi connectivity index (χ0n) is 46.7. The summed E-state index contributed by atoms with van der Waals surface area (Å²) in [5.41, 5.74) is -6.03. The Morgan fingerprint density at radius 1 is 0.779 bits per heavy atom. The van der Waals surface area contributed by atoms with Gasteiger partial charge in [0.1, 0.15) is 23.9 Å². The van der Waals surface area contributed by atoms with Gasteiger partial charge in [0.15, 0.2) is 40.2 Å². The largest absolute Gasteiger partial charge is 0.456 e. The van der Waals surface area contributed by atoms with Gasteiger partial charge in [0.05, 0.1) is 35.6 Å². The highest BCUT2D eigenvalue weighted by Gasteiger charge is 2.79. The fraction of sp³-hybridized carbons (Fsp3) is 0.559. The monoisotopic (exact) mass is 1160 g/mol. The van der Waals surface area contributed by atoms with E-state index >= 15 is 14.4 Å². The number of ether oxygens (including phenoxy) is 5. The number of Topliss-reactive ketones (excluding diaryl/α,β-unsaturated/α-hetero) is 1. The first-order valence-corrected chi connectivity index (χ1v) is 33.2. The Labute approximate surface area is 464 Å². The average molecular weight is 1160 g/mol. The molecule has 3 aliphatic carbocycles. The van der Waals surface area contributed by atoms with Crippen LogP contribution in [0.25, 0.3) is 0 Å². The lowest BCUT2D eigenvalue weighted by Crippen LogP contribution is -2.82. The maximum absolute atomic E-state index is 16.6. The Hall–Kier alpha value is -4.83. The second-order valence-corrected chi connectivity index (χ2v) is 32.5. The van der Waals surface area contributed by atoms with Gasteiger partial charge in [0.2, 0.25) is 0 Å². The first-order valence-electron chi connectivity index (χ1n) is 27.3. The van der Waals surface area contributed by atoms with Crippen LogP contribution in [0.5, 0.6) is 0 Å². The molecule has 3 aromatic carbocycles. The highest BCUT2D eigenvalue weighted by molar-refractivity contribution is 9.10. The van der Waals surface area contributed by atoms with Crippen molar-refractivity contribution in [3.05, 3.63) is 117 Å². The van der Waals surface area contributed by atoms with E-state index in [2.05, 4.69) is 42.0 Å². The van der Waals surface area contributed by atoms with E-state index in [-0.39, 0.29) is 24.2 Å². The molecule has 7 rings (SSSR count). The van der Waals surface area contributed by atoms with E-state index in [1.54, 1.807) is 107 Å². The zero-order valence-corrected chi connectivity index (χ0v) is 50.3. The lowest BCUT2D eigenvalue weighted by atomic mass is 9.44. The summed E-state index contributed by atoms with van der Waals surface area (Å²) in [5, 5.41) is 17.6. The van der Waals surface area contributed by atoms with Gasteiger partial charge >= 0.3 is 23.9 Å². The number of carbonyl (C=O) groups excluding carboxylic acids is 6. The molecule has 1 heterocycles. The van der Waals surface area contributed by atoms with Crippen molar-refractivity contribution >= 4 is 68.1 Å². The molecule has 2 N–H and O–H groups in total. The Kier molecular flexibility index (Phi) is 18.2. The molecule has 18 heteroatoms. The van der Waals surface area contributed by atoms with E-state index in [0.717, 1.165) is 0 Å². The highest BCUT2D eigenvalue weighted by Crippen LogP contribution is 2.65. The minimum Gasteiger partial charge on any atom is -0.456 e. The van der Waals surface area contributed by atoms with Crippen LogP contribution < -0.4 is 5.32 Å². The van der Waals surface area contributed by atoms with Gasteiger partial charge in [-0.05, 0) is 97.2 Å². The quantitative estimate of drug-likeness (QED) is 0.0469. The van der Waals surface area contributed by atoms with Crippen LogP contribution in [0, 0.1) is 16.7 Å². The predicted octanol–water partition coefficient (Wildman–Crippen LogP) is 10.6. The van der Waals surface area contributed by atoms with Crippen LogP contribution >= 0.6 is 15.9 Å². The second kappa shape index (κ2) is 23.5. The molecule has 3 fully saturated rings. The highest BCUT2D eigenvalue weighted by atomic mass is 79.9. The molecule has 1 aliphatic heterocycles. The van der Waals surface area contributed by atoms with E-state index < -0.39 is 129 Å². The topological polar surface area (TPSA) is 199 Å². The standard InChI is InChI=1S/C59H78BrNO14Si2/c1-13-76(14-2,15-3)74-44-33-45-58(35-69-45,73-38(9)63)50-52(72-54(66)41-30-25-31-42(60)32-41)59(68)34-43(36(7)46(56(59,10)11)48(70-37(8)62)51(64)57(44,50)12)71-55(67)49(75-77(16-4,17-5)18-6)47(39-26-21-19-22-27-39)61-53(65)40-28-23-20-24-29-40/h19-32,43-45,47-50,52,68H,13-18,33-35H2,1-12H3,(H,61,65)/t43-,44-,45+,47-,48+,49+,50-,52-,57+,58-,59+/m0/s1. The number of hydrogen-bond donors (Lipinski definition) is 2. The summed E-state index contributed by atoms with van der Waals surface area (Å²) in [4.78, 5) is 88.9. The van der Waals surface area contributed by atoms with Crippen LogP contribution in [0.15, 0.2) is 101 Å². The number of amides is 1. The van der Waals surface area contributed by atoms with E-state index in [0.29, 0.717) is 57.4 Å². The van der Waals surface area contributed by atoms with Crippen LogP contribution in [0.1, 0.15) is 128 Å². The number of nitrogens with one attached hydrogen (secondary N) is 1. The molecule has 2 bridgehead atoms. The van der Waals surface area contributed by atoms with Crippen LogP contribution in [0.4, 0.5) is 0 Å². The van der Waals surface area contributed by atoms with Crippen LogP contribution in [-0.4, -0.2) is 112 Å². The van der Waals surface area contributed by atoms with Crippen LogP contribution in [0.3, 0.4) is 0 Å². The maximum Gasteiger partial charge on any atom is 0.338 e. The number of carbonyl (C=O) groups is 6. The first kappa shape index (κ1) is 59.8. The number of hydrogen-bond acceptors (Lipinski definition) is 14. The van der Waals surface area contributed by atoms with Crippen molar-refractivity contribution in [2.45, 2.75) is 186 Å². The van der Waals surface area contributed by atoms with Gasteiger partial charge in [-0.3, -0.25) is 19.2 Å². The van der Waals surface area contributed by atoms with Crippen molar-refractivity contribution in [2.24, 2.45) is 16.7 Å². The van der Waals surface area contributed by atoms with Gasteiger partial charge < -0.3 is 43.0 Å². The molecule has 15 nitrogen and oxygen atoms in total. The van der Waals surface area contributed by atoms with Crippen LogP contribution in [0.2, 0.25) is 36.3 Å². The lowest BCUT2D eigenvalue weighted by molar-refractivity contribution is -0.344. The first-order chi connectivity index (χ1) is 36.4. The molecule has 3 aromatic rings. The van der Waals surface area contributed by atoms with Crippen molar-refractivity contribution in [1.29, 1.82) is 0 Å². The Morgan fingerprint density at radius 2 is 1.36 bits per heavy atom. The van der Waals surface area contributed by atoms with Gasteiger partial charge in [-0.15, -0.1) is 0 Å². The summed E-state index contributed by atoms with van der Waals surface area (Å²) in [6, 6.07) is 27.1. The van der Waals surface area contributed by atoms with Crippen molar-refractivity contribution < 1.29 is 66.4 Å². The summed E-state index contributed by atoms with van der Waals surface area (Å²) >= 11 is 3.48. The molecule has 1 saturated heterocycles. The molecule has 1 amide bonds. The Morgan fingerprint density at radius 3 is 1.90 bits per heavy atom. The molecule has 77 heavy (non-hydrogen) atoms. The van der Waals surface area contributed by atoms with Gasteiger partial charge in [0.25, 0.3) is 5.91 Å². The number of rotatable bonds is 20. The summed E-state index contributed by atoms with van der Waals surface area (Å²) < 4.78 is 47.8. The number of halogens is 1. The Balaban J connectivity index is 1.50. The molecular weight excluding hydrogens is 1080 g/mol. The lowest BCUT2D eigenvalue weighted by Gasteiger charge is -2.68. The minimum atomic E-state index is -2.76. The Bertz CT molecular complexity index is 2700. The van der Waals surface area contributed by atoms with Gasteiger partial charge in [-0.25, -0.2) is 9.59 Å². The second-order valence-electron chi connectivity index (χ2n) is 22.2. The third-order valence-corrected chi connectivity index (χ3v) is 27.9. The smallest absolute Gasteiger partial charge is 0.338 e. The maximum atomic E-state index is 16.6. The number of aliphatic hydroxyl groups is 1. The molecule has 2 saturated carbocycles. The van der Waals surface area contributed by atoms with Gasteiger partial charge in [0, 0.05) is 42.1 Å². The molecule has 0 unspecified atom stereocenters. The minimum absolute atomic E-state index is 0.0861. The van der Waals surface area contributed by atoms with E-state index in [1.807, 2.05) is 26.8 Å². The summed E-state index contributed by atoms with van der Waals surface area (Å²) in [6.45, 7) is 21.2. The third-order valence-electron chi connectivity index (χ3n) is 18.1. The zero-order chi connectivity index (χ0) is 56.5. The molecule has 0 spiro atoms. The summed E-state index contributed by atoms with van der Waals surface area (Å²) in [6.07, 6.45) is -8.54. The number of fused-ring (bicyclic) bond motifs is 5. The SMILES string of the molecule is CC[Si](CC)(CC)O[C@H]1C[C@H]2OC[C@@]2(OC(C)=O)[C@H]2[C@H](OC(=O)c3cccc(Br)c3)[C@]3(O)C[C@H](OC(=O)[C@H](O[Si](CC)(CC)CC)[C@@H](NC(=O)c4ccccc4)c4ccccc4)C(C)=C([C@@H](OC(C)=O)C(=O)[C@]12C)C3(C)C.